The van der Waals surface area contributed by atoms with Crippen molar-refractivity contribution in [3.05, 3.63) is 69.2 Å². The van der Waals surface area contributed by atoms with E-state index >= 15 is 0 Å². The average Bonchev–Trinajstić information content (AvgIpc) is 3.56. The van der Waals surface area contributed by atoms with Gasteiger partial charge in [-0.1, -0.05) is 23.7 Å². The van der Waals surface area contributed by atoms with E-state index in [1.807, 2.05) is 0 Å². The van der Waals surface area contributed by atoms with Crippen molar-refractivity contribution in [2.24, 2.45) is 10.9 Å². The molecule has 0 aliphatic carbocycles. The number of aromatic nitrogens is 2. The number of carboxylic acids is 1. The van der Waals surface area contributed by atoms with Crippen LogP contribution in [0.15, 0.2) is 52.5 Å². The number of aliphatic imine (C=N–C) groups is 1. The van der Waals surface area contributed by atoms with Gasteiger partial charge in [0.15, 0.2) is 5.17 Å². The van der Waals surface area contributed by atoms with Gasteiger partial charge in [0, 0.05) is 23.5 Å². The Labute approximate surface area is 212 Å². The molecule has 2 aliphatic rings. The third kappa shape index (κ3) is 4.72. The summed E-state index contributed by atoms with van der Waals surface area (Å²) in [4.78, 5) is 30.5. The van der Waals surface area contributed by atoms with Crippen molar-refractivity contribution in [1.82, 2.24) is 15.1 Å². The van der Waals surface area contributed by atoms with Crippen LogP contribution in [0.3, 0.4) is 0 Å². The fourth-order valence-electron chi connectivity index (χ4n) is 4.36. The number of fused-ring (bicyclic) bond motifs is 1. The molecule has 1 amide bonds. The number of nitrogens with zero attached hydrogens (tertiary/aromatic N) is 3. The number of benzene rings is 2. The lowest BCUT2D eigenvalue weighted by atomic mass is 9.93. The van der Waals surface area contributed by atoms with Gasteiger partial charge < -0.3 is 10.0 Å². The number of alkyl halides is 3. The van der Waals surface area contributed by atoms with Gasteiger partial charge in [-0.3, -0.25) is 14.7 Å². The highest BCUT2D eigenvalue weighted by molar-refractivity contribution is 8.18. The molecule has 1 fully saturated rings. The Bertz CT molecular complexity index is 1450. The number of carbonyl (C=O) groups excluding carboxylic acids is 1. The third-order valence-electron chi connectivity index (χ3n) is 6.20. The van der Waals surface area contributed by atoms with Crippen molar-refractivity contribution < 1.29 is 27.9 Å². The Balaban J connectivity index is 1.57. The van der Waals surface area contributed by atoms with E-state index in [0.29, 0.717) is 29.3 Å². The summed E-state index contributed by atoms with van der Waals surface area (Å²) in [7, 11) is 0. The molecule has 0 bridgehead atoms. The van der Waals surface area contributed by atoms with Crippen molar-refractivity contribution in [1.29, 1.82) is 0 Å². The molecule has 1 aromatic heterocycles. The minimum Gasteiger partial charge on any atom is -0.481 e. The first-order chi connectivity index (χ1) is 17.1. The molecular weight excluding hydrogens is 517 g/mol. The van der Waals surface area contributed by atoms with Crippen LogP contribution in [0.4, 0.5) is 13.2 Å². The van der Waals surface area contributed by atoms with Gasteiger partial charge in [0.2, 0.25) is 0 Å². The van der Waals surface area contributed by atoms with Gasteiger partial charge in [0.25, 0.3) is 5.91 Å². The van der Waals surface area contributed by atoms with Gasteiger partial charge in [-0.2, -0.15) is 23.3 Å². The summed E-state index contributed by atoms with van der Waals surface area (Å²) < 4.78 is 41.5. The lowest BCUT2D eigenvalue weighted by Gasteiger charge is -2.18. The molecule has 5 rings (SSSR count). The number of H-pyrrole nitrogens is 1. The van der Waals surface area contributed by atoms with E-state index in [1.54, 1.807) is 29.3 Å². The number of hydrogen-bond donors (Lipinski definition) is 2. The number of rotatable bonds is 4. The minimum atomic E-state index is -4.64. The summed E-state index contributed by atoms with van der Waals surface area (Å²) in [5.74, 6) is -2.05. The van der Waals surface area contributed by atoms with Crippen molar-refractivity contribution >= 4 is 56.9 Å². The number of halogens is 4. The standard InChI is InChI=1S/C24H18ClF3N4O3S/c25-16-3-1-13(18(9-16)24(26,27)28)8-17(12-2-4-19-15(7-12)10-29-31-19)20-21(33)30-23(36-20)32-6-5-14(11-32)22(34)35/h1-4,7,9-10,14H,5-6,8,11H2,(H,29,31)(H,34,35). The summed E-state index contributed by atoms with van der Waals surface area (Å²) in [6.45, 7) is 0.641. The van der Waals surface area contributed by atoms with Gasteiger partial charge in [-0.15, -0.1) is 0 Å². The molecular formula is C24H18ClF3N4O3S. The number of carbonyl (C=O) groups is 2. The van der Waals surface area contributed by atoms with Gasteiger partial charge >= 0.3 is 12.1 Å². The average molecular weight is 535 g/mol. The van der Waals surface area contributed by atoms with E-state index in [-0.39, 0.29) is 28.5 Å². The predicted octanol–water partition coefficient (Wildman–Crippen LogP) is 5.22. The molecule has 12 heteroatoms. The van der Waals surface area contributed by atoms with Crippen LogP contribution in [0.5, 0.6) is 0 Å². The molecule has 7 nitrogen and oxygen atoms in total. The van der Waals surface area contributed by atoms with E-state index in [1.165, 1.54) is 12.1 Å². The Hall–Kier alpha value is -3.31. The monoisotopic (exact) mass is 534 g/mol. The lowest BCUT2D eigenvalue weighted by molar-refractivity contribution is -0.141. The Morgan fingerprint density at radius 2 is 2.06 bits per heavy atom. The molecule has 2 N–H and O–H groups in total. The summed E-state index contributed by atoms with van der Waals surface area (Å²) >= 11 is 6.92. The normalized spacial score (nSPS) is 19.8. The van der Waals surface area contributed by atoms with Gasteiger partial charge in [0.1, 0.15) is 0 Å². The Morgan fingerprint density at radius 3 is 2.78 bits per heavy atom. The largest absolute Gasteiger partial charge is 0.481 e. The fourth-order valence-corrected chi connectivity index (χ4v) is 5.58. The second-order valence-corrected chi connectivity index (χ2v) is 9.94. The van der Waals surface area contributed by atoms with E-state index in [4.69, 9.17) is 11.6 Å². The van der Waals surface area contributed by atoms with E-state index in [2.05, 4.69) is 15.2 Å². The summed E-state index contributed by atoms with van der Waals surface area (Å²) in [6.07, 6.45) is -2.82. The second-order valence-electron chi connectivity index (χ2n) is 8.53. The molecule has 1 atom stereocenters. The maximum atomic E-state index is 13.8. The molecule has 0 saturated carbocycles. The molecule has 186 valence electrons. The van der Waals surface area contributed by atoms with Gasteiger partial charge in [0.05, 0.1) is 28.1 Å². The molecule has 1 saturated heterocycles. The number of nitrogens with one attached hydrogen (secondary N) is 1. The molecule has 0 spiro atoms. The van der Waals surface area contributed by atoms with Crippen LogP contribution < -0.4 is 0 Å². The zero-order valence-corrected chi connectivity index (χ0v) is 20.0. The van der Waals surface area contributed by atoms with Crippen molar-refractivity contribution in [2.45, 2.75) is 19.0 Å². The van der Waals surface area contributed by atoms with Gasteiger partial charge in [-0.25, -0.2) is 0 Å². The first-order valence-corrected chi connectivity index (χ1v) is 12.1. The number of amidine groups is 1. The minimum absolute atomic E-state index is 0.0318. The van der Waals surface area contributed by atoms with Crippen molar-refractivity contribution in [2.75, 3.05) is 13.1 Å². The number of allylic oxidation sites excluding steroid dienone is 1. The molecule has 3 aromatic rings. The van der Waals surface area contributed by atoms with Crippen LogP contribution in [0.25, 0.3) is 16.5 Å². The molecule has 0 radical (unpaired) electrons. The van der Waals surface area contributed by atoms with Crippen LogP contribution in [0.2, 0.25) is 5.02 Å². The number of thioether (sulfide) groups is 1. The second kappa shape index (κ2) is 9.29. The Morgan fingerprint density at radius 1 is 1.25 bits per heavy atom. The van der Waals surface area contributed by atoms with Crippen LogP contribution in [0.1, 0.15) is 23.1 Å². The smallest absolute Gasteiger partial charge is 0.416 e. The predicted molar refractivity (Wildman–Crippen MR) is 131 cm³/mol. The SMILES string of the molecule is O=C1N=C(N2CCC(C(=O)O)C2)SC1=C(Cc1ccc(Cl)cc1C(F)(F)F)c1ccc2[nH]ncc2c1. The van der Waals surface area contributed by atoms with Crippen molar-refractivity contribution in [3.63, 3.8) is 0 Å². The highest BCUT2D eigenvalue weighted by Gasteiger charge is 2.37. The molecule has 2 aromatic carbocycles. The maximum Gasteiger partial charge on any atom is 0.416 e. The first kappa shape index (κ1) is 24.4. The van der Waals surface area contributed by atoms with E-state index in [9.17, 15) is 27.9 Å². The van der Waals surface area contributed by atoms with E-state index < -0.39 is 29.5 Å². The number of aliphatic carboxylic acids is 1. The zero-order valence-electron chi connectivity index (χ0n) is 18.5. The highest BCUT2D eigenvalue weighted by atomic mass is 35.5. The van der Waals surface area contributed by atoms with Crippen LogP contribution in [0, 0.1) is 5.92 Å². The molecule has 2 aliphatic heterocycles. The number of carboxylic acid groups (broad SMARTS) is 1. The number of likely N-dealkylation sites (tertiary alicyclic amines) is 1. The Kier molecular flexibility index (Phi) is 6.29. The highest BCUT2D eigenvalue weighted by Crippen LogP contribution is 2.41. The van der Waals surface area contributed by atoms with Crippen LogP contribution in [-0.2, 0) is 22.2 Å². The quantitative estimate of drug-likeness (QED) is 0.445. The zero-order chi connectivity index (χ0) is 25.6. The fraction of sp³-hybridized carbons (Fsp3) is 0.250. The molecule has 36 heavy (non-hydrogen) atoms. The maximum absolute atomic E-state index is 13.8. The van der Waals surface area contributed by atoms with E-state index in [0.717, 1.165) is 28.7 Å². The van der Waals surface area contributed by atoms with Crippen LogP contribution in [-0.4, -0.2) is 50.3 Å². The summed E-state index contributed by atoms with van der Waals surface area (Å²) in [6, 6.07) is 8.79. The van der Waals surface area contributed by atoms with Crippen molar-refractivity contribution in [3.8, 4) is 0 Å². The first-order valence-electron chi connectivity index (χ1n) is 10.9. The van der Waals surface area contributed by atoms with Gasteiger partial charge in [-0.05, 0) is 65.6 Å². The number of aromatic amines is 1. The number of hydrogen-bond acceptors (Lipinski definition) is 5. The molecule has 1 unspecified atom stereocenters. The lowest BCUT2D eigenvalue weighted by Crippen LogP contribution is -2.26. The number of amides is 1. The third-order valence-corrected chi connectivity index (χ3v) is 7.59. The van der Waals surface area contributed by atoms with Crippen LogP contribution >= 0.6 is 23.4 Å². The molecule has 3 heterocycles. The summed E-state index contributed by atoms with van der Waals surface area (Å²) in [5, 5.41) is 17.2. The topological polar surface area (TPSA) is 98.6 Å². The summed E-state index contributed by atoms with van der Waals surface area (Å²) in [5.41, 5.74) is 0.774.